The molecule has 108 valence electrons. The Balaban J connectivity index is 3.53. The lowest BCUT2D eigenvalue weighted by Crippen LogP contribution is -2.25. The number of hydrogen-bond acceptors (Lipinski definition) is 0. The average Bonchev–Trinajstić information content (AvgIpc) is 2.26. The van der Waals surface area contributed by atoms with Crippen LogP contribution in [-0.4, -0.2) is 0 Å². The Morgan fingerprint density at radius 2 is 1.42 bits per heavy atom. The highest BCUT2D eigenvalue weighted by Gasteiger charge is 2.34. The SMILES string of the molecule is CCC(C)(C)c1cc(C(F)(F)F)ccc1C(C)(C)C. The summed E-state index contributed by atoms with van der Waals surface area (Å²) >= 11 is 0. The van der Waals surface area contributed by atoms with Gasteiger partial charge in [-0.1, -0.05) is 47.6 Å². The smallest absolute Gasteiger partial charge is 0.166 e. The first-order valence-electron chi connectivity index (χ1n) is 6.62. The van der Waals surface area contributed by atoms with Crippen molar-refractivity contribution in [2.75, 3.05) is 0 Å². The van der Waals surface area contributed by atoms with Crippen molar-refractivity contribution in [3.8, 4) is 0 Å². The quantitative estimate of drug-likeness (QED) is 0.648. The van der Waals surface area contributed by atoms with E-state index in [4.69, 9.17) is 0 Å². The molecule has 0 aliphatic heterocycles. The minimum atomic E-state index is -4.28. The molecule has 1 aromatic rings. The lowest BCUT2D eigenvalue weighted by molar-refractivity contribution is -0.137. The van der Waals surface area contributed by atoms with Gasteiger partial charge in [0.2, 0.25) is 0 Å². The molecule has 0 atom stereocenters. The molecule has 0 aromatic heterocycles. The molecule has 1 rings (SSSR count). The minimum Gasteiger partial charge on any atom is -0.166 e. The number of benzene rings is 1. The number of alkyl halides is 3. The van der Waals surface area contributed by atoms with Gasteiger partial charge in [-0.3, -0.25) is 0 Å². The lowest BCUT2D eigenvalue weighted by Gasteiger charge is -2.32. The first-order chi connectivity index (χ1) is 8.39. The van der Waals surface area contributed by atoms with Gasteiger partial charge in [0, 0.05) is 0 Å². The summed E-state index contributed by atoms with van der Waals surface area (Å²) in [5.74, 6) is 0. The molecule has 0 heterocycles. The van der Waals surface area contributed by atoms with Crippen molar-refractivity contribution in [3.63, 3.8) is 0 Å². The molecule has 0 radical (unpaired) electrons. The predicted molar refractivity (Wildman–Crippen MR) is 73.5 cm³/mol. The van der Waals surface area contributed by atoms with Gasteiger partial charge in [0.1, 0.15) is 0 Å². The predicted octanol–water partition coefficient (Wildman–Crippen LogP) is 5.69. The van der Waals surface area contributed by atoms with Crippen LogP contribution in [-0.2, 0) is 17.0 Å². The van der Waals surface area contributed by atoms with E-state index in [1.807, 2.05) is 41.5 Å². The summed E-state index contributed by atoms with van der Waals surface area (Å²) in [6.45, 7) is 12.1. The normalized spacial score (nSPS) is 13.7. The largest absolute Gasteiger partial charge is 0.416 e. The zero-order valence-corrected chi connectivity index (χ0v) is 12.6. The Bertz CT molecular complexity index is 448. The fourth-order valence-corrected chi connectivity index (χ4v) is 2.12. The van der Waals surface area contributed by atoms with Gasteiger partial charge >= 0.3 is 6.18 Å². The molecule has 0 fully saturated rings. The first-order valence-corrected chi connectivity index (χ1v) is 6.62. The van der Waals surface area contributed by atoms with Gasteiger partial charge in [-0.2, -0.15) is 13.2 Å². The third-order valence-corrected chi connectivity index (χ3v) is 3.77. The van der Waals surface area contributed by atoms with Crippen molar-refractivity contribution in [2.24, 2.45) is 0 Å². The fraction of sp³-hybridized carbons (Fsp3) is 0.625. The van der Waals surface area contributed by atoms with Crippen molar-refractivity contribution in [3.05, 3.63) is 34.9 Å². The van der Waals surface area contributed by atoms with Crippen LogP contribution in [0, 0.1) is 0 Å². The van der Waals surface area contributed by atoms with Crippen LogP contribution in [0.15, 0.2) is 18.2 Å². The number of rotatable bonds is 2. The van der Waals surface area contributed by atoms with E-state index in [9.17, 15) is 13.2 Å². The molecule has 3 heteroatoms. The third kappa shape index (κ3) is 3.52. The Hall–Kier alpha value is -0.990. The molecule has 0 spiro atoms. The molecular weight excluding hydrogens is 249 g/mol. The molecule has 0 amide bonds. The van der Waals surface area contributed by atoms with E-state index in [0.29, 0.717) is 0 Å². The van der Waals surface area contributed by atoms with Crippen LogP contribution < -0.4 is 0 Å². The highest BCUT2D eigenvalue weighted by molar-refractivity contribution is 5.41. The molecule has 0 bridgehead atoms. The number of halogens is 3. The molecule has 0 saturated carbocycles. The third-order valence-electron chi connectivity index (χ3n) is 3.77. The topological polar surface area (TPSA) is 0 Å². The van der Waals surface area contributed by atoms with Crippen LogP contribution in [0.1, 0.15) is 64.7 Å². The monoisotopic (exact) mass is 272 g/mol. The summed E-state index contributed by atoms with van der Waals surface area (Å²) in [6.07, 6.45) is -3.48. The molecule has 0 aliphatic carbocycles. The van der Waals surface area contributed by atoms with E-state index in [2.05, 4.69) is 0 Å². The average molecular weight is 272 g/mol. The fourth-order valence-electron chi connectivity index (χ4n) is 2.12. The standard InChI is InChI=1S/C16H23F3/c1-7-15(5,6)13-10-11(16(17,18)19)8-9-12(13)14(2,3)4/h8-10H,7H2,1-6H3. The van der Waals surface area contributed by atoms with Crippen LogP contribution >= 0.6 is 0 Å². The van der Waals surface area contributed by atoms with E-state index >= 15 is 0 Å². The molecule has 0 nitrogen and oxygen atoms in total. The minimum absolute atomic E-state index is 0.161. The second kappa shape index (κ2) is 4.84. The van der Waals surface area contributed by atoms with Crippen LogP contribution in [0.2, 0.25) is 0 Å². The zero-order chi connectivity index (χ0) is 15.1. The van der Waals surface area contributed by atoms with Gasteiger partial charge in [-0.05, 0) is 40.5 Å². The molecule has 0 aliphatic rings. The maximum atomic E-state index is 12.9. The summed E-state index contributed by atoms with van der Waals surface area (Å²) in [5, 5.41) is 0. The summed E-state index contributed by atoms with van der Waals surface area (Å²) in [7, 11) is 0. The van der Waals surface area contributed by atoms with E-state index in [1.54, 1.807) is 6.07 Å². The molecule has 0 unspecified atom stereocenters. The van der Waals surface area contributed by atoms with E-state index in [1.165, 1.54) is 12.1 Å². The van der Waals surface area contributed by atoms with Gasteiger partial charge < -0.3 is 0 Å². The molecule has 19 heavy (non-hydrogen) atoms. The second-order valence-electron chi connectivity index (χ2n) is 6.75. The molecule has 0 N–H and O–H groups in total. The lowest BCUT2D eigenvalue weighted by atomic mass is 9.72. The summed E-state index contributed by atoms with van der Waals surface area (Å²) in [6, 6.07) is 4.15. The second-order valence-corrected chi connectivity index (χ2v) is 6.75. The van der Waals surface area contributed by atoms with Crippen molar-refractivity contribution in [1.82, 2.24) is 0 Å². The van der Waals surface area contributed by atoms with E-state index in [-0.39, 0.29) is 10.8 Å². The van der Waals surface area contributed by atoms with Gasteiger partial charge in [0.15, 0.2) is 0 Å². The van der Waals surface area contributed by atoms with E-state index in [0.717, 1.165) is 17.5 Å². The van der Waals surface area contributed by atoms with Gasteiger partial charge in [0.25, 0.3) is 0 Å². The Kier molecular flexibility index (Phi) is 4.09. The van der Waals surface area contributed by atoms with Crippen molar-refractivity contribution < 1.29 is 13.2 Å². The Morgan fingerprint density at radius 1 is 0.895 bits per heavy atom. The highest BCUT2D eigenvalue weighted by Crippen LogP contribution is 2.39. The van der Waals surface area contributed by atoms with E-state index < -0.39 is 11.7 Å². The number of hydrogen-bond donors (Lipinski definition) is 0. The molecule has 1 aromatic carbocycles. The van der Waals surface area contributed by atoms with Crippen LogP contribution in [0.4, 0.5) is 13.2 Å². The van der Waals surface area contributed by atoms with Crippen LogP contribution in [0.5, 0.6) is 0 Å². The summed E-state index contributed by atoms with van der Waals surface area (Å²) in [5.41, 5.74) is 0.817. The molecule has 0 saturated heterocycles. The molecular formula is C16H23F3. The van der Waals surface area contributed by atoms with Gasteiger partial charge in [-0.15, -0.1) is 0 Å². The first kappa shape index (κ1) is 16.1. The van der Waals surface area contributed by atoms with Gasteiger partial charge in [0.05, 0.1) is 5.56 Å². The van der Waals surface area contributed by atoms with Crippen LogP contribution in [0.25, 0.3) is 0 Å². The maximum absolute atomic E-state index is 12.9. The summed E-state index contributed by atoms with van der Waals surface area (Å²) in [4.78, 5) is 0. The Labute approximate surface area is 114 Å². The summed E-state index contributed by atoms with van der Waals surface area (Å²) < 4.78 is 38.7. The van der Waals surface area contributed by atoms with Crippen LogP contribution in [0.3, 0.4) is 0 Å². The van der Waals surface area contributed by atoms with Crippen molar-refractivity contribution in [2.45, 2.75) is 65.0 Å². The van der Waals surface area contributed by atoms with Crippen molar-refractivity contribution in [1.29, 1.82) is 0 Å². The maximum Gasteiger partial charge on any atom is 0.416 e. The Morgan fingerprint density at radius 3 is 1.79 bits per heavy atom. The van der Waals surface area contributed by atoms with Gasteiger partial charge in [-0.25, -0.2) is 0 Å². The zero-order valence-electron chi connectivity index (χ0n) is 12.6. The van der Waals surface area contributed by atoms with Crippen molar-refractivity contribution >= 4 is 0 Å². The highest BCUT2D eigenvalue weighted by atomic mass is 19.4.